The summed E-state index contributed by atoms with van der Waals surface area (Å²) in [4.78, 5) is 33.1. The number of nitrogens with one attached hydrogen (secondary N) is 1. The van der Waals surface area contributed by atoms with Crippen LogP contribution in [0.2, 0.25) is 0 Å². The Hall–Kier alpha value is -3.41. The van der Waals surface area contributed by atoms with Gasteiger partial charge in [-0.15, -0.1) is 0 Å². The van der Waals surface area contributed by atoms with Crippen molar-refractivity contribution in [3.63, 3.8) is 0 Å². The van der Waals surface area contributed by atoms with E-state index in [0.717, 1.165) is 29.6 Å². The summed E-state index contributed by atoms with van der Waals surface area (Å²) in [6, 6.07) is 15.6. The van der Waals surface area contributed by atoms with Crippen molar-refractivity contribution < 1.29 is 23.9 Å². The Balaban J connectivity index is 1.70. The van der Waals surface area contributed by atoms with Gasteiger partial charge < -0.3 is 19.6 Å². The number of aldehydes is 1. The second kappa shape index (κ2) is 12.9. The van der Waals surface area contributed by atoms with E-state index >= 15 is 0 Å². The average Bonchev–Trinajstić information content (AvgIpc) is 2.76. The van der Waals surface area contributed by atoms with Crippen LogP contribution < -0.4 is 14.8 Å². The maximum Gasteiger partial charge on any atom is 0.243 e. The molecule has 2 rings (SSSR count). The predicted molar refractivity (Wildman–Crippen MR) is 115 cm³/mol. The van der Waals surface area contributed by atoms with E-state index in [2.05, 4.69) is 11.9 Å². The van der Waals surface area contributed by atoms with Gasteiger partial charge in [-0.05, 0) is 47.9 Å². The molecule has 0 bridgehead atoms. The second-order valence-electron chi connectivity index (χ2n) is 6.65. The Morgan fingerprint density at radius 3 is 1.97 bits per heavy atom. The van der Waals surface area contributed by atoms with Gasteiger partial charge >= 0.3 is 0 Å². The van der Waals surface area contributed by atoms with Gasteiger partial charge in [0.2, 0.25) is 5.91 Å². The smallest absolute Gasteiger partial charge is 0.243 e. The van der Waals surface area contributed by atoms with E-state index in [1.165, 1.54) is 6.08 Å². The van der Waals surface area contributed by atoms with Crippen LogP contribution in [0, 0.1) is 0 Å². The summed E-state index contributed by atoms with van der Waals surface area (Å²) in [5.74, 6) is 1.22. The molecule has 1 amide bonds. The van der Waals surface area contributed by atoms with Crippen molar-refractivity contribution in [2.45, 2.75) is 25.7 Å². The number of benzene rings is 2. The molecule has 0 radical (unpaired) electrons. The number of amides is 1. The Bertz CT molecular complexity index is 828. The summed E-state index contributed by atoms with van der Waals surface area (Å²) in [6.45, 7) is 4.36. The molecule has 0 atom stereocenters. The topological polar surface area (TPSA) is 81.7 Å². The molecule has 0 fully saturated rings. The lowest BCUT2D eigenvalue weighted by Gasteiger charge is -2.08. The van der Waals surface area contributed by atoms with E-state index in [0.29, 0.717) is 38.3 Å². The molecule has 0 saturated heterocycles. The first-order valence-electron chi connectivity index (χ1n) is 9.90. The van der Waals surface area contributed by atoms with Crippen LogP contribution in [0.1, 0.15) is 30.4 Å². The molecule has 0 unspecified atom stereocenters. The largest absolute Gasteiger partial charge is 0.493 e. The van der Waals surface area contributed by atoms with Crippen molar-refractivity contribution in [1.29, 1.82) is 0 Å². The molecular formula is C24H27NO5. The predicted octanol–water partition coefficient (Wildman–Crippen LogP) is 3.28. The Kier molecular flexibility index (Phi) is 9.86. The van der Waals surface area contributed by atoms with E-state index in [1.54, 1.807) is 0 Å². The molecule has 0 aliphatic heterocycles. The lowest BCUT2D eigenvalue weighted by Crippen LogP contribution is -2.24. The van der Waals surface area contributed by atoms with Gasteiger partial charge in [-0.25, -0.2) is 0 Å². The number of Topliss-reactive ketones (excluding diaryl/α,β-unsaturated/α-hetero) is 1. The monoisotopic (exact) mass is 409 g/mol. The zero-order valence-electron chi connectivity index (χ0n) is 17.0. The van der Waals surface area contributed by atoms with Gasteiger partial charge in [-0.2, -0.15) is 0 Å². The zero-order chi connectivity index (χ0) is 21.6. The molecule has 6 nitrogen and oxygen atoms in total. The van der Waals surface area contributed by atoms with Crippen molar-refractivity contribution >= 4 is 18.0 Å². The van der Waals surface area contributed by atoms with Gasteiger partial charge in [-0.1, -0.05) is 30.8 Å². The third-order valence-electron chi connectivity index (χ3n) is 4.30. The van der Waals surface area contributed by atoms with Crippen molar-refractivity contribution in [1.82, 2.24) is 5.32 Å². The van der Waals surface area contributed by atoms with Gasteiger partial charge in [0.1, 0.15) is 23.6 Å². The molecule has 0 spiro atoms. The maximum atomic E-state index is 11.8. The summed E-state index contributed by atoms with van der Waals surface area (Å²) in [5.41, 5.74) is 2.30. The SMILES string of the molecule is C=CC(=O)NCCC(=O)CCOc1ccc(Cc2ccc(OCCC=O)cc2)cc1. The summed E-state index contributed by atoms with van der Waals surface area (Å²) >= 11 is 0. The van der Waals surface area contributed by atoms with E-state index < -0.39 is 0 Å². The molecule has 2 aromatic carbocycles. The molecule has 1 N–H and O–H groups in total. The van der Waals surface area contributed by atoms with E-state index in [4.69, 9.17) is 9.47 Å². The quantitative estimate of drug-likeness (QED) is 0.294. The lowest BCUT2D eigenvalue weighted by molar-refractivity contribution is -0.119. The highest BCUT2D eigenvalue weighted by atomic mass is 16.5. The zero-order valence-corrected chi connectivity index (χ0v) is 17.0. The average molecular weight is 409 g/mol. The third-order valence-corrected chi connectivity index (χ3v) is 4.30. The molecule has 6 heteroatoms. The number of ether oxygens (including phenoxy) is 2. The molecular weight excluding hydrogens is 382 g/mol. The Morgan fingerprint density at radius 1 is 0.867 bits per heavy atom. The van der Waals surface area contributed by atoms with Crippen LogP contribution >= 0.6 is 0 Å². The van der Waals surface area contributed by atoms with Gasteiger partial charge in [0.05, 0.1) is 13.2 Å². The summed E-state index contributed by atoms with van der Waals surface area (Å²) in [5, 5.41) is 2.57. The highest BCUT2D eigenvalue weighted by Crippen LogP contribution is 2.18. The van der Waals surface area contributed by atoms with Crippen LogP contribution in [-0.4, -0.2) is 37.7 Å². The van der Waals surface area contributed by atoms with Crippen LogP contribution in [0.5, 0.6) is 11.5 Å². The standard InChI is InChI=1S/C24H27NO5/c1-2-24(28)25-14-12-21(27)13-17-30-23-10-6-20(7-11-23)18-19-4-8-22(9-5-19)29-16-3-15-26/h2,4-11,15H,1,3,12-14,16-18H2,(H,25,28). The van der Waals surface area contributed by atoms with Crippen LogP contribution in [0.4, 0.5) is 0 Å². The lowest BCUT2D eigenvalue weighted by atomic mass is 10.0. The molecule has 0 aliphatic carbocycles. The first-order chi connectivity index (χ1) is 14.6. The highest BCUT2D eigenvalue weighted by molar-refractivity contribution is 5.87. The molecule has 0 saturated carbocycles. The molecule has 30 heavy (non-hydrogen) atoms. The van der Waals surface area contributed by atoms with Gasteiger partial charge in [-0.3, -0.25) is 9.59 Å². The fourth-order valence-electron chi connectivity index (χ4n) is 2.67. The first-order valence-corrected chi connectivity index (χ1v) is 9.90. The third kappa shape index (κ3) is 8.73. The van der Waals surface area contributed by atoms with Crippen molar-refractivity contribution in [3.05, 3.63) is 72.3 Å². The Morgan fingerprint density at radius 2 is 1.43 bits per heavy atom. The number of hydrogen-bond donors (Lipinski definition) is 1. The maximum absolute atomic E-state index is 11.8. The van der Waals surface area contributed by atoms with Crippen molar-refractivity contribution in [2.75, 3.05) is 19.8 Å². The first kappa shape index (κ1) is 22.9. The van der Waals surface area contributed by atoms with E-state index in [1.807, 2.05) is 48.5 Å². The molecule has 158 valence electrons. The van der Waals surface area contributed by atoms with Crippen molar-refractivity contribution in [3.8, 4) is 11.5 Å². The van der Waals surface area contributed by atoms with Crippen LogP contribution in [0.25, 0.3) is 0 Å². The van der Waals surface area contributed by atoms with E-state index in [-0.39, 0.29) is 18.1 Å². The number of hydrogen-bond acceptors (Lipinski definition) is 5. The summed E-state index contributed by atoms with van der Waals surface area (Å²) < 4.78 is 11.1. The number of rotatable bonds is 14. The van der Waals surface area contributed by atoms with Crippen LogP contribution in [0.15, 0.2) is 61.2 Å². The van der Waals surface area contributed by atoms with Gasteiger partial charge in [0, 0.05) is 25.8 Å². The minimum absolute atomic E-state index is 0.0366. The molecule has 2 aromatic rings. The Labute approximate surface area is 176 Å². The fraction of sp³-hybridized carbons (Fsp3) is 0.292. The normalized spacial score (nSPS) is 10.1. The fourth-order valence-corrected chi connectivity index (χ4v) is 2.67. The summed E-state index contributed by atoms with van der Waals surface area (Å²) in [7, 11) is 0. The number of carbonyl (C=O) groups is 3. The molecule has 0 heterocycles. The molecule has 0 aromatic heterocycles. The second-order valence-corrected chi connectivity index (χ2v) is 6.65. The summed E-state index contributed by atoms with van der Waals surface area (Å²) in [6.07, 6.45) is 3.77. The minimum atomic E-state index is -0.280. The van der Waals surface area contributed by atoms with Crippen LogP contribution in [-0.2, 0) is 20.8 Å². The van der Waals surface area contributed by atoms with Gasteiger partial charge in [0.25, 0.3) is 0 Å². The number of ketones is 1. The van der Waals surface area contributed by atoms with E-state index in [9.17, 15) is 14.4 Å². The van der Waals surface area contributed by atoms with Crippen LogP contribution in [0.3, 0.4) is 0 Å². The number of carbonyl (C=O) groups excluding carboxylic acids is 3. The van der Waals surface area contributed by atoms with Crippen molar-refractivity contribution in [2.24, 2.45) is 0 Å². The molecule has 0 aliphatic rings. The minimum Gasteiger partial charge on any atom is -0.493 e. The van der Waals surface area contributed by atoms with Gasteiger partial charge in [0.15, 0.2) is 0 Å². The highest BCUT2D eigenvalue weighted by Gasteiger charge is 2.04.